The number of benzene rings is 3. The minimum Gasteiger partial charge on any atom is -0.350 e. The number of carbonyl (C=O) groups excluding carboxylic acids is 1. The van der Waals surface area contributed by atoms with Gasteiger partial charge >= 0.3 is 0 Å². The van der Waals surface area contributed by atoms with Crippen molar-refractivity contribution in [3.8, 4) is 11.3 Å². The number of carbonyl (C=O) groups is 1. The molecule has 1 amide bonds. The van der Waals surface area contributed by atoms with Crippen molar-refractivity contribution in [2.24, 2.45) is 0 Å². The van der Waals surface area contributed by atoms with E-state index >= 15 is 0 Å². The summed E-state index contributed by atoms with van der Waals surface area (Å²) in [6.07, 6.45) is 0. The number of amides is 1. The van der Waals surface area contributed by atoms with Crippen LogP contribution in [0.3, 0.4) is 0 Å². The third-order valence-electron chi connectivity index (χ3n) is 4.17. The Morgan fingerprint density at radius 1 is 0.917 bits per heavy atom. The van der Waals surface area contributed by atoms with Crippen LogP contribution in [0.4, 0.5) is 0 Å². The van der Waals surface area contributed by atoms with Gasteiger partial charge in [-0.25, -0.2) is 0 Å². The largest absolute Gasteiger partial charge is 0.350 e. The predicted octanol–water partition coefficient (Wildman–Crippen LogP) is 4.35. The highest BCUT2D eigenvalue weighted by atomic mass is 16.5. The van der Waals surface area contributed by atoms with E-state index in [1.165, 1.54) is 10.3 Å². The van der Waals surface area contributed by atoms with E-state index < -0.39 is 0 Å². The lowest BCUT2D eigenvalue weighted by Gasteiger charge is -2.08. The summed E-state index contributed by atoms with van der Waals surface area (Å²) in [6.45, 7) is 0. The van der Waals surface area contributed by atoms with E-state index in [9.17, 15) is 4.79 Å². The molecule has 0 aliphatic rings. The van der Waals surface area contributed by atoms with Crippen molar-refractivity contribution in [3.05, 3.63) is 66.4 Å². The summed E-state index contributed by atoms with van der Waals surface area (Å²) < 4.78 is 5.26. The molecule has 118 valence electrons. The number of hydrogen-bond acceptors (Lipinski definition) is 3. The normalized spacial score (nSPS) is 11.1. The SMILES string of the molecule is CN(C)C(=O)c1cc(-c2cc3ccccc3c3ccccc23)no1. The maximum Gasteiger partial charge on any atom is 0.291 e. The third kappa shape index (κ3) is 2.24. The van der Waals surface area contributed by atoms with Crippen LogP contribution in [-0.2, 0) is 0 Å². The molecule has 4 nitrogen and oxygen atoms in total. The van der Waals surface area contributed by atoms with Gasteiger partial charge in [0, 0.05) is 25.7 Å². The zero-order valence-corrected chi connectivity index (χ0v) is 13.5. The summed E-state index contributed by atoms with van der Waals surface area (Å²) >= 11 is 0. The zero-order chi connectivity index (χ0) is 16.7. The van der Waals surface area contributed by atoms with Crippen LogP contribution in [0.15, 0.2) is 65.2 Å². The van der Waals surface area contributed by atoms with Gasteiger partial charge in [0.25, 0.3) is 5.91 Å². The van der Waals surface area contributed by atoms with E-state index in [2.05, 4.69) is 35.5 Å². The molecule has 0 N–H and O–H groups in total. The Hall–Kier alpha value is -3.14. The van der Waals surface area contributed by atoms with Gasteiger partial charge in [-0.1, -0.05) is 53.7 Å². The van der Waals surface area contributed by atoms with Crippen molar-refractivity contribution < 1.29 is 9.32 Å². The number of fused-ring (bicyclic) bond motifs is 3. The van der Waals surface area contributed by atoms with Gasteiger partial charge < -0.3 is 9.42 Å². The minimum absolute atomic E-state index is 0.196. The molecule has 0 aliphatic carbocycles. The molecule has 24 heavy (non-hydrogen) atoms. The van der Waals surface area contributed by atoms with Crippen LogP contribution in [0, 0.1) is 0 Å². The Labute approximate surface area is 139 Å². The lowest BCUT2D eigenvalue weighted by Crippen LogP contribution is -2.20. The van der Waals surface area contributed by atoms with Gasteiger partial charge in [-0.2, -0.15) is 0 Å². The molecule has 4 aromatic rings. The number of hydrogen-bond donors (Lipinski definition) is 0. The van der Waals surface area contributed by atoms with Crippen molar-refractivity contribution in [1.82, 2.24) is 10.1 Å². The van der Waals surface area contributed by atoms with Crippen LogP contribution < -0.4 is 0 Å². The topological polar surface area (TPSA) is 46.3 Å². The first-order valence-corrected chi connectivity index (χ1v) is 7.74. The molecular weight excluding hydrogens is 300 g/mol. The maximum absolute atomic E-state index is 12.1. The van der Waals surface area contributed by atoms with Crippen LogP contribution in [0.2, 0.25) is 0 Å². The molecule has 0 aliphatic heterocycles. The quantitative estimate of drug-likeness (QED) is 0.517. The average Bonchev–Trinajstić information content (AvgIpc) is 3.10. The van der Waals surface area contributed by atoms with Crippen LogP contribution >= 0.6 is 0 Å². The van der Waals surface area contributed by atoms with E-state index in [1.807, 2.05) is 24.3 Å². The molecular formula is C20H16N2O2. The smallest absolute Gasteiger partial charge is 0.291 e. The fourth-order valence-electron chi connectivity index (χ4n) is 2.99. The Morgan fingerprint density at radius 2 is 1.58 bits per heavy atom. The molecule has 0 unspecified atom stereocenters. The number of aromatic nitrogens is 1. The summed E-state index contributed by atoms with van der Waals surface area (Å²) in [4.78, 5) is 13.5. The van der Waals surface area contributed by atoms with E-state index in [4.69, 9.17) is 4.52 Å². The van der Waals surface area contributed by atoms with Gasteiger partial charge in [-0.3, -0.25) is 4.79 Å². The summed E-state index contributed by atoms with van der Waals surface area (Å²) in [5, 5.41) is 8.71. The maximum atomic E-state index is 12.1. The Balaban J connectivity index is 1.97. The summed E-state index contributed by atoms with van der Waals surface area (Å²) in [7, 11) is 3.38. The van der Waals surface area contributed by atoms with Crippen molar-refractivity contribution in [2.45, 2.75) is 0 Å². The summed E-state index contributed by atoms with van der Waals surface area (Å²) in [5.41, 5.74) is 1.63. The molecule has 4 heteroatoms. The molecule has 1 heterocycles. The van der Waals surface area contributed by atoms with Gasteiger partial charge in [0.15, 0.2) is 0 Å². The fraction of sp³-hybridized carbons (Fsp3) is 0.100. The first-order chi connectivity index (χ1) is 11.6. The average molecular weight is 316 g/mol. The van der Waals surface area contributed by atoms with Crippen LogP contribution in [0.5, 0.6) is 0 Å². The van der Waals surface area contributed by atoms with Gasteiger partial charge in [0.05, 0.1) is 0 Å². The molecule has 0 atom stereocenters. The van der Waals surface area contributed by atoms with E-state index in [0.29, 0.717) is 5.69 Å². The molecule has 0 fully saturated rings. The summed E-state index contributed by atoms with van der Waals surface area (Å²) in [6, 6.07) is 20.3. The van der Waals surface area contributed by atoms with Gasteiger partial charge in [-0.15, -0.1) is 0 Å². The van der Waals surface area contributed by atoms with Gasteiger partial charge in [0.1, 0.15) is 5.69 Å². The molecule has 0 spiro atoms. The number of nitrogens with zero attached hydrogens (tertiary/aromatic N) is 2. The fourth-order valence-corrected chi connectivity index (χ4v) is 2.99. The standard InChI is InChI=1S/C20H16N2O2/c1-22(2)20(23)19-12-18(21-24-19)17-11-13-7-3-4-8-14(13)15-9-5-6-10-16(15)17/h3-12H,1-2H3. The molecule has 0 saturated heterocycles. The highest BCUT2D eigenvalue weighted by Gasteiger charge is 2.17. The molecule has 0 bridgehead atoms. The lowest BCUT2D eigenvalue weighted by molar-refractivity contribution is 0.0787. The lowest BCUT2D eigenvalue weighted by atomic mass is 9.95. The molecule has 4 rings (SSSR count). The first-order valence-electron chi connectivity index (χ1n) is 7.74. The Kier molecular flexibility index (Phi) is 3.31. The Bertz CT molecular complexity index is 1060. The van der Waals surface area contributed by atoms with E-state index in [-0.39, 0.29) is 11.7 Å². The van der Waals surface area contributed by atoms with Gasteiger partial charge in [-0.05, 0) is 27.6 Å². The molecule has 0 radical (unpaired) electrons. The third-order valence-corrected chi connectivity index (χ3v) is 4.17. The minimum atomic E-state index is -0.196. The van der Waals surface area contributed by atoms with Crippen molar-refractivity contribution in [3.63, 3.8) is 0 Å². The van der Waals surface area contributed by atoms with Crippen LogP contribution in [0.1, 0.15) is 10.6 Å². The van der Waals surface area contributed by atoms with Gasteiger partial charge in [0.2, 0.25) is 5.76 Å². The second-order valence-corrected chi connectivity index (χ2v) is 5.97. The summed E-state index contributed by atoms with van der Waals surface area (Å²) in [5.74, 6) is 0.0473. The first kappa shape index (κ1) is 14.5. The highest BCUT2D eigenvalue weighted by molar-refractivity contribution is 6.13. The van der Waals surface area contributed by atoms with E-state index in [0.717, 1.165) is 21.7 Å². The molecule has 1 aromatic heterocycles. The van der Waals surface area contributed by atoms with Crippen molar-refractivity contribution in [2.75, 3.05) is 14.1 Å². The van der Waals surface area contributed by atoms with E-state index in [1.54, 1.807) is 20.2 Å². The Morgan fingerprint density at radius 3 is 2.33 bits per heavy atom. The van der Waals surface area contributed by atoms with Crippen LogP contribution in [-0.4, -0.2) is 30.1 Å². The molecule has 0 saturated carbocycles. The second kappa shape index (κ2) is 5.49. The molecule has 3 aromatic carbocycles. The van der Waals surface area contributed by atoms with Crippen molar-refractivity contribution in [1.29, 1.82) is 0 Å². The monoisotopic (exact) mass is 316 g/mol. The number of rotatable bonds is 2. The zero-order valence-electron chi connectivity index (χ0n) is 13.5. The second-order valence-electron chi connectivity index (χ2n) is 5.97. The predicted molar refractivity (Wildman–Crippen MR) is 95.0 cm³/mol. The van der Waals surface area contributed by atoms with Crippen molar-refractivity contribution >= 4 is 27.5 Å². The van der Waals surface area contributed by atoms with Crippen LogP contribution in [0.25, 0.3) is 32.8 Å². The highest BCUT2D eigenvalue weighted by Crippen LogP contribution is 2.34.